The van der Waals surface area contributed by atoms with E-state index in [9.17, 15) is 35.1 Å². The molecular formula is C53H95NO10. The lowest BCUT2D eigenvalue weighted by atomic mass is 9.99. The fourth-order valence-electron chi connectivity index (χ4n) is 7.71. The van der Waals surface area contributed by atoms with E-state index in [0.717, 1.165) is 70.6 Å². The smallest absolute Gasteiger partial charge is 0.305 e. The van der Waals surface area contributed by atoms with Gasteiger partial charge in [0.15, 0.2) is 6.29 Å². The third-order valence-corrected chi connectivity index (χ3v) is 11.9. The highest BCUT2D eigenvalue weighted by molar-refractivity contribution is 5.76. The molecule has 6 N–H and O–H groups in total. The zero-order chi connectivity index (χ0) is 46.7. The van der Waals surface area contributed by atoms with Gasteiger partial charge in [0, 0.05) is 12.8 Å². The Morgan fingerprint density at radius 1 is 0.578 bits per heavy atom. The maximum Gasteiger partial charge on any atom is 0.305 e. The van der Waals surface area contributed by atoms with Crippen molar-refractivity contribution in [1.82, 2.24) is 5.32 Å². The van der Waals surface area contributed by atoms with Crippen LogP contribution < -0.4 is 5.32 Å². The van der Waals surface area contributed by atoms with E-state index in [1.54, 1.807) is 6.08 Å². The largest absolute Gasteiger partial charge is 0.466 e. The molecule has 1 aliphatic heterocycles. The van der Waals surface area contributed by atoms with Crippen molar-refractivity contribution < 1.29 is 49.3 Å². The Hall–Kier alpha value is -2.38. The highest BCUT2D eigenvalue weighted by Crippen LogP contribution is 2.22. The molecule has 372 valence electrons. The molecule has 0 aromatic rings. The first-order chi connectivity index (χ1) is 31.2. The molecule has 1 aliphatic rings. The minimum Gasteiger partial charge on any atom is -0.466 e. The maximum atomic E-state index is 12.9. The summed E-state index contributed by atoms with van der Waals surface area (Å²) in [6.07, 6.45) is 42.0. The van der Waals surface area contributed by atoms with Crippen molar-refractivity contribution in [2.45, 2.75) is 256 Å². The summed E-state index contributed by atoms with van der Waals surface area (Å²) in [6.45, 7) is 4.19. The first-order valence-electron chi connectivity index (χ1n) is 25.9. The first kappa shape index (κ1) is 59.6. The minimum absolute atomic E-state index is 0.0505. The van der Waals surface area contributed by atoms with Crippen LogP contribution >= 0.6 is 0 Å². The topological polar surface area (TPSA) is 175 Å². The number of hydrogen-bond donors (Lipinski definition) is 6. The molecule has 1 amide bonds. The van der Waals surface area contributed by atoms with Crippen molar-refractivity contribution in [2.75, 3.05) is 19.8 Å². The highest BCUT2D eigenvalue weighted by Gasteiger charge is 2.44. The summed E-state index contributed by atoms with van der Waals surface area (Å²) in [7, 11) is 0. The fraction of sp³-hybridized carbons (Fsp3) is 0.811. The highest BCUT2D eigenvalue weighted by atomic mass is 16.7. The summed E-state index contributed by atoms with van der Waals surface area (Å²) in [5.74, 6) is -0.316. The van der Waals surface area contributed by atoms with Crippen molar-refractivity contribution in [1.29, 1.82) is 0 Å². The number of allylic oxidation sites excluding steroid dienone is 7. The molecule has 1 rings (SSSR count). The van der Waals surface area contributed by atoms with E-state index in [-0.39, 0.29) is 24.9 Å². The van der Waals surface area contributed by atoms with Gasteiger partial charge in [0.2, 0.25) is 5.91 Å². The fourth-order valence-corrected chi connectivity index (χ4v) is 7.71. The Bertz CT molecular complexity index is 1210. The maximum absolute atomic E-state index is 12.9. The van der Waals surface area contributed by atoms with Crippen LogP contribution in [0.4, 0.5) is 0 Å². The molecule has 0 radical (unpaired) electrons. The lowest BCUT2D eigenvalue weighted by Crippen LogP contribution is -2.60. The number of unbranched alkanes of at least 4 members (excludes halogenated alkanes) is 23. The summed E-state index contributed by atoms with van der Waals surface area (Å²) in [5.41, 5.74) is 0. The summed E-state index contributed by atoms with van der Waals surface area (Å²) >= 11 is 0. The lowest BCUT2D eigenvalue weighted by molar-refractivity contribution is -0.302. The summed E-state index contributed by atoms with van der Waals surface area (Å²) in [6, 6.07) is -0.854. The van der Waals surface area contributed by atoms with E-state index in [1.165, 1.54) is 109 Å². The van der Waals surface area contributed by atoms with E-state index < -0.39 is 49.5 Å². The Morgan fingerprint density at radius 3 is 1.66 bits per heavy atom. The number of amides is 1. The molecule has 1 fully saturated rings. The van der Waals surface area contributed by atoms with Gasteiger partial charge in [-0.25, -0.2) is 0 Å². The van der Waals surface area contributed by atoms with Crippen molar-refractivity contribution >= 4 is 11.9 Å². The first-order valence-corrected chi connectivity index (χ1v) is 25.9. The third kappa shape index (κ3) is 33.1. The van der Waals surface area contributed by atoms with E-state index in [4.69, 9.17) is 14.2 Å². The second-order valence-corrected chi connectivity index (χ2v) is 17.9. The van der Waals surface area contributed by atoms with Crippen LogP contribution in [0.1, 0.15) is 213 Å². The van der Waals surface area contributed by atoms with Crippen LogP contribution in [0.2, 0.25) is 0 Å². The number of carbonyl (C=O) groups excluding carboxylic acids is 2. The second kappa shape index (κ2) is 43.2. The Kier molecular flexibility index (Phi) is 40.3. The number of nitrogens with one attached hydrogen (secondary N) is 1. The molecule has 1 saturated heterocycles. The Balaban J connectivity index is 2.23. The van der Waals surface area contributed by atoms with Crippen molar-refractivity contribution in [3.05, 3.63) is 48.6 Å². The molecule has 0 saturated carbocycles. The van der Waals surface area contributed by atoms with Gasteiger partial charge in [-0.3, -0.25) is 9.59 Å². The van der Waals surface area contributed by atoms with Gasteiger partial charge in [-0.05, 0) is 77.0 Å². The number of carbonyl (C=O) groups is 2. The zero-order valence-corrected chi connectivity index (χ0v) is 40.5. The normalized spacial score (nSPS) is 20.3. The van der Waals surface area contributed by atoms with Crippen LogP contribution in [0.3, 0.4) is 0 Å². The molecule has 11 nitrogen and oxygen atoms in total. The zero-order valence-electron chi connectivity index (χ0n) is 40.5. The number of aliphatic hydroxyl groups is 5. The van der Waals surface area contributed by atoms with Gasteiger partial charge in [0.25, 0.3) is 0 Å². The second-order valence-electron chi connectivity index (χ2n) is 17.9. The average molecular weight is 906 g/mol. The van der Waals surface area contributed by atoms with Gasteiger partial charge in [0.1, 0.15) is 24.4 Å². The standard InChI is InChI=1S/C53H95NO10/c1-3-5-7-9-11-13-15-21-25-29-33-37-41-49(58)62-42-38-34-30-26-22-18-16-17-20-24-28-32-36-40-48(57)54-45(44-63-53-52(61)51(60)50(59)47(43-55)64-53)46(56)39-35-31-27-23-19-14-12-10-8-6-4-2/h11,13,17,20,28,32,35,39,45-47,50-53,55-56,59-61H,3-10,12,14-16,18-19,21-27,29-31,33-34,36-38,40-44H2,1-2H3,(H,54,57)/b13-11-,20-17-,32-28-,39-35+. The molecule has 0 aromatic heterocycles. The van der Waals surface area contributed by atoms with Crippen LogP contribution in [-0.2, 0) is 23.8 Å². The van der Waals surface area contributed by atoms with E-state index in [1.807, 2.05) is 18.2 Å². The number of ether oxygens (including phenoxy) is 3. The molecule has 11 heteroatoms. The summed E-state index contributed by atoms with van der Waals surface area (Å²) in [4.78, 5) is 25.0. The number of esters is 1. The minimum atomic E-state index is -1.59. The van der Waals surface area contributed by atoms with Crippen LogP contribution in [0.5, 0.6) is 0 Å². The predicted molar refractivity (Wildman–Crippen MR) is 260 cm³/mol. The molecular weight excluding hydrogens is 811 g/mol. The molecule has 7 atom stereocenters. The lowest BCUT2D eigenvalue weighted by Gasteiger charge is -2.40. The molecule has 0 aliphatic carbocycles. The van der Waals surface area contributed by atoms with E-state index in [2.05, 4.69) is 43.5 Å². The van der Waals surface area contributed by atoms with Gasteiger partial charge in [0.05, 0.1) is 32.0 Å². The van der Waals surface area contributed by atoms with Crippen LogP contribution in [0.15, 0.2) is 48.6 Å². The third-order valence-electron chi connectivity index (χ3n) is 11.9. The molecule has 7 unspecified atom stereocenters. The molecule has 0 spiro atoms. The van der Waals surface area contributed by atoms with Crippen LogP contribution in [0.25, 0.3) is 0 Å². The van der Waals surface area contributed by atoms with E-state index >= 15 is 0 Å². The van der Waals surface area contributed by atoms with Crippen LogP contribution in [0, 0.1) is 0 Å². The van der Waals surface area contributed by atoms with Crippen molar-refractivity contribution in [3.8, 4) is 0 Å². The quantitative estimate of drug-likeness (QED) is 0.0196. The number of rotatable bonds is 43. The SMILES string of the molecule is CCCCC/C=C\CCCCCCCC(=O)OCCCCCCCC/C=C\C/C=C\CCC(=O)NC(COC1OC(CO)C(O)C(O)C1O)C(O)/C=C/CCCCCCCCCCC. The molecule has 1 heterocycles. The van der Waals surface area contributed by atoms with Crippen molar-refractivity contribution in [3.63, 3.8) is 0 Å². The van der Waals surface area contributed by atoms with Gasteiger partial charge in [-0.2, -0.15) is 0 Å². The monoisotopic (exact) mass is 906 g/mol. The van der Waals surface area contributed by atoms with Crippen LogP contribution in [-0.4, -0.2) is 100 Å². The number of aliphatic hydroxyl groups excluding tert-OH is 5. The molecule has 64 heavy (non-hydrogen) atoms. The number of hydrogen-bond acceptors (Lipinski definition) is 10. The van der Waals surface area contributed by atoms with E-state index in [0.29, 0.717) is 19.4 Å². The molecule has 0 aromatic carbocycles. The summed E-state index contributed by atoms with van der Waals surface area (Å²) in [5, 5.41) is 54.1. The predicted octanol–water partition coefficient (Wildman–Crippen LogP) is 10.5. The average Bonchev–Trinajstić information content (AvgIpc) is 3.29. The van der Waals surface area contributed by atoms with Crippen molar-refractivity contribution in [2.24, 2.45) is 0 Å². The van der Waals surface area contributed by atoms with Gasteiger partial charge in [-0.15, -0.1) is 0 Å². The van der Waals surface area contributed by atoms with Gasteiger partial charge in [-0.1, -0.05) is 172 Å². The Labute approximate surface area is 389 Å². The van der Waals surface area contributed by atoms with Gasteiger partial charge < -0.3 is 45.1 Å². The Morgan fingerprint density at radius 2 is 1.06 bits per heavy atom. The van der Waals surface area contributed by atoms with Gasteiger partial charge >= 0.3 is 5.97 Å². The molecule has 0 bridgehead atoms. The summed E-state index contributed by atoms with van der Waals surface area (Å²) < 4.78 is 16.6.